The van der Waals surface area contributed by atoms with Crippen molar-refractivity contribution in [3.05, 3.63) is 0 Å². The summed E-state index contributed by atoms with van der Waals surface area (Å²) >= 11 is 0. The SMILES string of the molecule is CC(C)C(C)([B]C(C)(C)CO)CC(C)(C)C. The summed E-state index contributed by atoms with van der Waals surface area (Å²) < 4.78 is 0. The summed E-state index contributed by atoms with van der Waals surface area (Å²) in [7, 11) is 2.36. The predicted octanol–water partition coefficient (Wildman–Crippen LogP) is 4.15. The molecular weight excluding hydrogens is 195 g/mol. The molecule has 0 heterocycles. The van der Waals surface area contributed by atoms with E-state index in [2.05, 4.69) is 62.7 Å². The van der Waals surface area contributed by atoms with Crippen LogP contribution in [0.3, 0.4) is 0 Å². The van der Waals surface area contributed by atoms with Gasteiger partial charge in [0.15, 0.2) is 0 Å². The van der Waals surface area contributed by atoms with Crippen molar-refractivity contribution in [2.45, 2.75) is 72.4 Å². The highest BCUT2D eigenvalue weighted by molar-refractivity contribution is 6.44. The van der Waals surface area contributed by atoms with Crippen LogP contribution in [0, 0.1) is 11.3 Å². The first-order valence-electron chi connectivity index (χ1n) is 6.40. The van der Waals surface area contributed by atoms with E-state index >= 15 is 0 Å². The average Bonchev–Trinajstić information content (AvgIpc) is 1.99. The average molecular weight is 225 g/mol. The monoisotopic (exact) mass is 225 g/mol. The van der Waals surface area contributed by atoms with E-state index in [1.54, 1.807) is 0 Å². The van der Waals surface area contributed by atoms with Gasteiger partial charge in [0.1, 0.15) is 7.28 Å². The second-order valence-electron chi connectivity index (χ2n) is 7.69. The third-order valence-electron chi connectivity index (χ3n) is 3.36. The molecule has 1 atom stereocenters. The number of aliphatic hydroxyl groups is 1. The fourth-order valence-corrected chi connectivity index (χ4v) is 2.50. The van der Waals surface area contributed by atoms with Gasteiger partial charge in [-0.3, -0.25) is 0 Å². The predicted molar refractivity (Wildman–Crippen MR) is 74.2 cm³/mol. The molecule has 0 bridgehead atoms. The van der Waals surface area contributed by atoms with Gasteiger partial charge >= 0.3 is 0 Å². The highest BCUT2D eigenvalue weighted by atomic mass is 16.3. The summed E-state index contributed by atoms with van der Waals surface area (Å²) in [6, 6.07) is 0. The van der Waals surface area contributed by atoms with Gasteiger partial charge < -0.3 is 5.11 Å². The Kier molecular flexibility index (Phi) is 5.13. The van der Waals surface area contributed by atoms with Crippen molar-refractivity contribution in [2.75, 3.05) is 6.61 Å². The van der Waals surface area contributed by atoms with Crippen molar-refractivity contribution in [3.8, 4) is 0 Å². The van der Waals surface area contributed by atoms with E-state index in [0.29, 0.717) is 11.3 Å². The molecule has 2 heteroatoms. The van der Waals surface area contributed by atoms with Gasteiger partial charge in [-0.05, 0) is 23.1 Å². The zero-order valence-corrected chi connectivity index (χ0v) is 12.5. The van der Waals surface area contributed by atoms with Crippen molar-refractivity contribution in [2.24, 2.45) is 11.3 Å². The molecule has 95 valence electrons. The Morgan fingerprint density at radius 2 is 1.44 bits per heavy atom. The Bertz CT molecular complexity index is 215. The van der Waals surface area contributed by atoms with Gasteiger partial charge in [-0.25, -0.2) is 0 Å². The zero-order valence-electron chi connectivity index (χ0n) is 12.5. The van der Waals surface area contributed by atoms with Crippen LogP contribution in [-0.4, -0.2) is 19.0 Å². The minimum atomic E-state index is -0.0930. The third-order valence-corrected chi connectivity index (χ3v) is 3.36. The van der Waals surface area contributed by atoms with Crippen LogP contribution in [0.4, 0.5) is 0 Å². The molecule has 0 saturated carbocycles. The molecule has 0 aromatic heterocycles. The second-order valence-corrected chi connectivity index (χ2v) is 7.69. The number of rotatable bonds is 5. The Morgan fingerprint density at radius 1 is 1.00 bits per heavy atom. The van der Waals surface area contributed by atoms with E-state index in [9.17, 15) is 5.11 Å². The first kappa shape index (κ1) is 16.0. The molecule has 16 heavy (non-hydrogen) atoms. The molecule has 1 unspecified atom stereocenters. The summed E-state index contributed by atoms with van der Waals surface area (Å²) in [5.41, 5.74) is 0.320. The topological polar surface area (TPSA) is 20.2 Å². The fourth-order valence-electron chi connectivity index (χ4n) is 2.50. The molecule has 0 aliphatic carbocycles. The molecule has 0 amide bonds. The van der Waals surface area contributed by atoms with Gasteiger partial charge in [-0.2, -0.15) is 0 Å². The summed E-state index contributed by atoms with van der Waals surface area (Å²) in [6.07, 6.45) is 1.15. The van der Waals surface area contributed by atoms with Crippen LogP contribution in [-0.2, 0) is 0 Å². The van der Waals surface area contributed by atoms with Crippen molar-refractivity contribution >= 4 is 7.28 Å². The molecular formula is C14H30BO. The van der Waals surface area contributed by atoms with Gasteiger partial charge in [0, 0.05) is 6.61 Å². The number of hydrogen-bond donors (Lipinski definition) is 1. The Balaban J connectivity index is 4.85. The molecule has 1 nitrogen and oxygen atoms in total. The van der Waals surface area contributed by atoms with E-state index in [4.69, 9.17) is 0 Å². The molecule has 1 N–H and O–H groups in total. The standard InChI is InChI=1S/C14H30BO/c1-11(2)14(8,9-12(3,4)5)15-13(6,7)10-16/h11,16H,9-10H2,1-8H3. The third kappa shape index (κ3) is 5.38. The number of aliphatic hydroxyl groups excluding tert-OH is 1. The molecule has 0 aromatic carbocycles. The molecule has 0 aromatic rings. The lowest BCUT2D eigenvalue weighted by Crippen LogP contribution is -2.35. The first-order chi connectivity index (χ1) is 6.92. The van der Waals surface area contributed by atoms with Gasteiger partial charge in [-0.15, -0.1) is 0 Å². The van der Waals surface area contributed by atoms with Gasteiger partial charge in [0.05, 0.1) is 0 Å². The van der Waals surface area contributed by atoms with Crippen LogP contribution >= 0.6 is 0 Å². The van der Waals surface area contributed by atoms with Crippen LogP contribution in [0.2, 0.25) is 10.6 Å². The van der Waals surface area contributed by atoms with Crippen LogP contribution in [0.5, 0.6) is 0 Å². The molecule has 0 aliphatic rings. The minimum Gasteiger partial charge on any atom is -0.397 e. The largest absolute Gasteiger partial charge is 0.397 e. The van der Waals surface area contributed by atoms with Gasteiger partial charge in [0.2, 0.25) is 0 Å². The fraction of sp³-hybridized carbons (Fsp3) is 1.00. The Hall–Kier alpha value is 0.0249. The second kappa shape index (κ2) is 5.12. The highest BCUT2D eigenvalue weighted by Gasteiger charge is 2.38. The van der Waals surface area contributed by atoms with Crippen LogP contribution in [0.1, 0.15) is 61.8 Å². The molecule has 0 aliphatic heterocycles. The van der Waals surface area contributed by atoms with E-state index in [1.165, 1.54) is 0 Å². The molecule has 0 saturated heterocycles. The maximum atomic E-state index is 9.41. The van der Waals surface area contributed by atoms with Crippen LogP contribution in [0.25, 0.3) is 0 Å². The van der Waals surface area contributed by atoms with Crippen LogP contribution < -0.4 is 0 Å². The van der Waals surface area contributed by atoms with Gasteiger partial charge in [-0.1, -0.05) is 60.7 Å². The van der Waals surface area contributed by atoms with E-state index in [1.807, 2.05) is 0 Å². The van der Waals surface area contributed by atoms with Crippen molar-refractivity contribution < 1.29 is 5.11 Å². The van der Waals surface area contributed by atoms with Crippen molar-refractivity contribution in [1.82, 2.24) is 0 Å². The van der Waals surface area contributed by atoms with E-state index < -0.39 is 0 Å². The molecule has 0 rings (SSSR count). The summed E-state index contributed by atoms with van der Waals surface area (Å²) in [4.78, 5) is 0. The van der Waals surface area contributed by atoms with E-state index in [0.717, 1.165) is 6.42 Å². The van der Waals surface area contributed by atoms with Crippen molar-refractivity contribution in [1.29, 1.82) is 0 Å². The lowest BCUT2D eigenvalue weighted by atomic mass is 9.35. The summed E-state index contributed by atoms with van der Waals surface area (Å²) in [5, 5.41) is 9.50. The highest BCUT2D eigenvalue weighted by Crippen LogP contribution is 2.49. The normalized spacial score (nSPS) is 17.4. The van der Waals surface area contributed by atoms with Crippen LogP contribution in [0.15, 0.2) is 0 Å². The van der Waals surface area contributed by atoms with Gasteiger partial charge in [0.25, 0.3) is 0 Å². The summed E-state index contributed by atoms with van der Waals surface area (Å²) in [5.74, 6) is 0.595. The quantitative estimate of drug-likeness (QED) is 0.697. The lowest BCUT2D eigenvalue weighted by molar-refractivity contribution is 0.236. The first-order valence-corrected chi connectivity index (χ1v) is 6.40. The maximum absolute atomic E-state index is 9.41. The minimum absolute atomic E-state index is 0.0930. The smallest absolute Gasteiger partial charge is 0.128 e. The van der Waals surface area contributed by atoms with Crippen molar-refractivity contribution in [3.63, 3.8) is 0 Å². The Labute approximate surface area is 103 Å². The van der Waals surface area contributed by atoms with E-state index in [-0.39, 0.29) is 17.2 Å². The summed E-state index contributed by atoms with van der Waals surface area (Å²) in [6.45, 7) is 18.2. The number of hydrogen-bond acceptors (Lipinski definition) is 1. The zero-order chi connectivity index (χ0) is 13.2. The Morgan fingerprint density at radius 3 is 1.69 bits per heavy atom. The molecule has 0 fully saturated rings. The maximum Gasteiger partial charge on any atom is 0.128 e. The molecule has 0 spiro atoms. The lowest BCUT2D eigenvalue weighted by Gasteiger charge is -2.43. The molecule has 1 radical (unpaired) electrons.